The van der Waals surface area contributed by atoms with E-state index in [0.717, 1.165) is 18.6 Å². The van der Waals surface area contributed by atoms with E-state index in [9.17, 15) is 18.0 Å². The molecule has 1 aromatic rings. The molecule has 0 bridgehead atoms. The predicted octanol–water partition coefficient (Wildman–Crippen LogP) is 1.95. The van der Waals surface area contributed by atoms with Crippen molar-refractivity contribution in [2.75, 3.05) is 13.1 Å². The van der Waals surface area contributed by atoms with Crippen molar-refractivity contribution in [3.8, 4) is 0 Å². The zero-order chi connectivity index (χ0) is 14.8. The van der Waals surface area contributed by atoms with E-state index in [0.29, 0.717) is 18.7 Å². The van der Waals surface area contributed by atoms with E-state index < -0.39 is 11.7 Å². The third kappa shape index (κ3) is 3.63. The first-order valence-corrected chi connectivity index (χ1v) is 6.31. The molecule has 2 amide bonds. The molecule has 0 saturated carbocycles. The Balaban J connectivity index is 1.86. The fraction of sp³-hybridized carbons (Fsp3) is 0.462. The molecule has 1 saturated heterocycles. The van der Waals surface area contributed by atoms with Crippen molar-refractivity contribution in [2.24, 2.45) is 5.73 Å². The van der Waals surface area contributed by atoms with Crippen LogP contribution in [0.2, 0.25) is 0 Å². The van der Waals surface area contributed by atoms with Crippen molar-refractivity contribution >= 4 is 6.03 Å². The summed E-state index contributed by atoms with van der Waals surface area (Å²) >= 11 is 0. The van der Waals surface area contributed by atoms with Crippen LogP contribution in [-0.4, -0.2) is 30.1 Å². The Hall–Kier alpha value is -1.76. The van der Waals surface area contributed by atoms with Gasteiger partial charge in [-0.15, -0.1) is 0 Å². The first-order valence-electron chi connectivity index (χ1n) is 6.31. The second kappa shape index (κ2) is 5.70. The molecule has 0 unspecified atom stereocenters. The Labute approximate surface area is 114 Å². The lowest BCUT2D eigenvalue weighted by molar-refractivity contribution is -0.137. The molecule has 1 aliphatic rings. The number of rotatable bonds is 2. The molecule has 2 rings (SSSR count). The SMILES string of the molecule is N[C@@H]1CCN(C(=O)NCc2ccc(C(F)(F)F)cc2)C1. The van der Waals surface area contributed by atoms with E-state index in [1.165, 1.54) is 12.1 Å². The second-order valence-corrected chi connectivity index (χ2v) is 4.85. The van der Waals surface area contributed by atoms with E-state index in [1.54, 1.807) is 4.90 Å². The number of amides is 2. The lowest BCUT2D eigenvalue weighted by Crippen LogP contribution is -2.39. The summed E-state index contributed by atoms with van der Waals surface area (Å²) in [6, 6.07) is 4.50. The summed E-state index contributed by atoms with van der Waals surface area (Å²) in [6.07, 6.45) is -3.57. The topological polar surface area (TPSA) is 58.4 Å². The number of nitrogens with one attached hydrogen (secondary N) is 1. The highest BCUT2D eigenvalue weighted by molar-refractivity contribution is 5.74. The Morgan fingerprint density at radius 3 is 2.50 bits per heavy atom. The van der Waals surface area contributed by atoms with Crippen LogP contribution in [0.15, 0.2) is 24.3 Å². The quantitative estimate of drug-likeness (QED) is 0.873. The summed E-state index contributed by atoms with van der Waals surface area (Å²) in [5, 5.41) is 2.67. The first kappa shape index (κ1) is 14.6. The second-order valence-electron chi connectivity index (χ2n) is 4.85. The molecule has 1 fully saturated rings. The Morgan fingerprint density at radius 1 is 1.35 bits per heavy atom. The number of carbonyl (C=O) groups is 1. The standard InChI is InChI=1S/C13H16F3N3O/c14-13(15,16)10-3-1-9(2-4-10)7-18-12(20)19-6-5-11(17)8-19/h1-4,11H,5-8,17H2,(H,18,20)/t11-/m1/s1. The maximum absolute atomic E-state index is 12.4. The number of hydrogen-bond acceptors (Lipinski definition) is 2. The number of likely N-dealkylation sites (tertiary alicyclic amines) is 1. The number of urea groups is 1. The lowest BCUT2D eigenvalue weighted by Gasteiger charge is -2.16. The molecule has 0 aliphatic carbocycles. The summed E-state index contributed by atoms with van der Waals surface area (Å²) in [7, 11) is 0. The molecule has 4 nitrogen and oxygen atoms in total. The van der Waals surface area contributed by atoms with E-state index in [4.69, 9.17) is 5.73 Å². The van der Waals surface area contributed by atoms with Crippen LogP contribution in [-0.2, 0) is 12.7 Å². The Bertz CT molecular complexity index is 473. The van der Waals surface area contributed by atoms with Gasteiger partial charge in [0.15, 0.2) is 0 Å². The van der Waals surface area contributed by atoms with Gasteiger partial charge in [-0.25, -0.2) is 4.79 Å². The number of benzene rings is 1. The van der Waals surface area contributed by atoms with Crippen molar-refractivity contribution in [3.63, 3.8) is 0 Å². The number of hydrogen-bond donors (Lipinski definition) is 2. The third-order valence-electron chi connectivity index (χ3n) is 3.24. The van der Waals surface area contributed by atoms with Gasteiger partial charge in [0.05, 0.1) is 5.56 Å². The van der Waals surface area contributed by atoms with E-state index >= 15 is 0 Å². The maximum Gasteiger partial charge on any atom is 0.416 e. The number of nitrogens with zero attached hydrogens (tertiary/aromatic N) is 1. The molecular weight excluding hydrogens is 271 g/mol. The zero-order valence-electron chi connectivity index (χ0n) is 10.8. The van der Waals surface area contributed by atoms with Gasteiger partial charge in [0.2, 0.25) is 0 Å². The number of halogens is 3. The summed E-state index contributed by atoms with van der Waals surface area (Å²) < 4.78 is 37.2. The molecule has 1 atom stereocenters. The van der Waals surface area contributed by atoms with Crippen LogP contribution < -0.4 is 11.1 Å². The van der Waals surface area contributed by atoms with Crippen LogP contribution in [0.1, 0.15) is 17.5 Å². The van der Waals surface area contributed by atoms with Crippen molar-refractivity contribution in [1.82, 2.24) is 10.2 Å². The van der Waals surface area contributed by atoms with Gasteiger partial charge in [-0.2, -0.15) is 13.2 Å². The highest BCUT2D eigenvalue weighted by Gasteiger charge is 2.30. The average Bonchev–Trinajstić information content (AvgIpc) is 2.82. The van der Waals surface area contributed by atoms with Crippen LogP contribution in [0, 0.1) is 0 Å². The van der Waals surface area contributed by atoms with Gasteiger partial charge in [0.25, 0.3) is 0 Å². The van der Waals surface area contributed by atoms with Gasteiger partial charge in [-0.1, -0.05) is 12.1 Å². The minimum Gasteiger partial charge on any atom is -0.334 e. The van der Waals surface area contributed by atoms with Crippen molar-refractivity contribution in [2.45, 2.75) is 25.2 Å². The molecule has 0 spiro atoms. The highest BCUT2D eigenvalue weighted by Crippen LogP contribution is 2.29. The summed E-state index contributed by atoms with van der Waals surface area (Å²) in [4.78, 5) is 13.4. The van der Waals surface area contributed by atoms with Crippen molar-refractivity contribution in [1.29, 1.82) is 0 Å². The van der Waals surface area contributed by atoms with E-state index in [2.05, 4.69) is 5.32 Å². The van der Waals surface area contributed by atoms with Crippen LogP contribution in [0.5, 0.6) is 0 Å². The van der Waals surface area contributed by atoms with Crippen molar-refractivity contribution in [3.05, 3.63) is 35.4 Å². The third-order valence-corrected chi connectivity index (χ3v) is 3.24. The fourth-order valence-corrected chi connectivity index (χ4v) is 2.07. The number of carbonyl (C=O) groups excluding carboxylic acids is 1. The molecule has 1 heterocycles. The minimum absolute atomic E-state index is 0.00631. The molecule has 110 valence electrons. The molecule has 1 aliphatic heterocycles. The number of nitrogens with two attached hydrogens (primary N) is 1. The Morgan fingerprint density at radius 2 is 2.00 bits per heavy atom. The summed E-state index contributed by atoms with van der Waals surface area (Å²) in [6.45, 7) is 1.32. The molecule has 1 aromatic carbocycles. The summed E-state index contributed by atoms with van der Waals surface area (Å²) in [5.41, 5.74) is 5.62. The molecule has 3 N–H and O–H groups in total. The maximum atomic E-state index is 12.4. The van der Waals surface area contributed by atoms with Gasteiger partial charge in [0, 0.05) is 25.7 Å². The minimum atomic E-state index is -4.34. The fourth-order valence-electron chi connectivity index (χ4n) is 2.07. The number of alkyl halides is 3. The zero-order valence-corrected chi connectivity index (χ0v) is 10.8. The van der Waals surface area contributed by atoms with Gasteiger partial charge in [0.1, 0.15) is 0 Å². The summed E-state index contributed by atoms with van der Waals surface area (Å²) in [5.74, 6) is 0. The van der Waals surface area contributed by atoms with Gasteiger partial charge < -0.3 is 16.0 Å². The van der Waals surface area contributed by atoms with Gasteiger partial charge >= 0.3 is 12.2 Å². The van der Waals surface area contributed by atoms with Crippen molar-refractivity contribution < 1.29 is 18.0 Å². The van der Waals surface area contributed by atoms with Gasteiger partial charge in [-0.3, -0.25) is 0 Å². The Kier molecular flexibility index (Phi) is 4.17. The van der Waals surface area contributed by atoms with Crippen LogP contribution >= 0.6 is 0 Å². The average molecular weight is 287 g/mol. The van der Waals surface area contributed by atoms with Crippen LogP contribution in [0.3, 0.4) is 0 Å². The van der Waals surface area contributed by atoms with E-state index in [1.807, 2.05) is 0 Å². The molecule has 0 radical (unpaired) electrons. The largest absolute Gasteiger partial charge is 0.416 e. The molecule has 20 heavy (non-hydrogen) atoms. The lowest BCUT2D eigenvalue weighted by atomic mass is 10.1. The van der Waals surface area contributed by atoms with Crippen LogP contribution in [0.4, 0.5) is 18.0 Å². The van der Waals surface area contributed by atoms with E-state index in [-0.39, 0.29) is 18.6 Å². The van der Waals surface area contributed by atoms with Gasteiger partial charge in [-0.05, 0) is 24.1 Å². The molecule has 7 heteroatoms. The normalized spacial score (nSPS) is 19.2. The molecule has 0 aromatic heterocycles. The first-order chi connectivity index (χ1) is 9.36. The van der Waals surface area contributed by atoms with Crippen LogP contribution in [0.25, 0.3) is 0 Å². The monoisotopic (exact) mass is 287 g/mol. The predicted molar refractivity (Wildman–Crippen MR) is 67.8 cm³/mol. The highest BCUT2D eigenvalue weighted by atomic mass is 19.4. The molecular formula is C13H16F3N3O. The smallest absolute Gasteiger partial charge is 0.334 e.